The van der Waals surface area contributed by atoms with Gasteiger partial charge in [0.2, 0.25) is 5.91 Å². The lowest BCUT2D eigenvalue weighted by atomic mass is 10.1. The van der Waals surface area contributed by atoms with E-state index in [1.807, 2.05) is 19.1 Å². The number of primary amides is 1. The molecule has 1 aliphatic heterocycles. The summed E-state index contributed by atoms with van der Waals surface area (Å²) in [6.07, 6.45) is 4.48. The van der Waals surface area contributed by atoms with Gasteiger partial charge in [-0.3, -0.25) is 4.79 Å². The van der Waals surface area contributed by atoms with E-state index in [1.54, 1.807) is 6.07 Å². The fourth-order valence-corrected chi connectivity index (χ4v) is 2.31. The van der Waals surface area contributed by atoms with Crippen LogP contribution in [0.2, 0.25) is 0 Å². The quantitative estimate of drug-likeness (QED) is 0.707. The van der Waals surface area contributed by atoms with Gasteiger partial charge in [-0.15, -0.1) is 0 Å². The first kappa shape index (κ1) is 13.6. The van der Waals surface area contributed by atoms with Crippen molar-refractivity contribution in [3.05, 3.63) is 41.0 Å². The second kappa shape index (κ2) is 6.38. The van der Waals surface area contributed by atoms with Crippen molar-refractivity contribution < 1.29 is 4.79 Å². The van der Waals surface area contributed by atoms with Gasteiger partial charge in [0, 0.05) is 24.3 Å². The lowest BCUT2D eigenvalue weighted by molar-refractivity contribution is 0.1000. The average Bonchev–Trinajstić information content (AvgIpc) is 2.39. The fourth-order valence-electron chi connectivity index (χ4n) is 2.31. The van der Waals surface area contributed by atoms with Gasteiger partial charge in [0.05, 0.1) is 0 Å². The molecule has 0 unspecified atom stereocenters. The van der Waals surface area contributed by atoms with E-state index in [1.165, 1.54) is 5.57 Å². The number of hydrogen-bond donors (Lipinski definition) is 3. The molecule has 1 amide bonds. The first-order chi connectivity index (χ1) is 9.16. The molecular formula is C15H21N3O. The van der Waals surface area contributed by atoms with Gasteiger partial charge in [0.1, 0.15) is 0 Å². The molecule has 0 atom stereocenters. The van der Waals surface area contributed by atoms with Crippen LogP contribution in [0.4, 0.5) is 5.69 Å². The third-order valence-electron chi connectivity index (χ3n) is 3.43. The summed E-state index contributed by atoms with van der Waals surface area (Å²) in [6, 6.07) is 5.66. The number of amides is 1. The number of benzene rings is 1. The zero-order valence-corrected chi connectivity index (χ0v) is 11.3. The lowest BCUT2D eigenvalue weighted by Crippen LogP contribution is -2.21. The summed E-state index contributed by atoms with van der Waals surface area (Å²) in [7, 11) is 0. The van der Waals surface area contributed by atoms with Gasteiger partial charge in [-0.05, 0) is 50.1 Å². The highest BCUT2D eigenvalue weighted by Crippen LogP contribution is 2.16. The largest absolute Gasteiger partial charge is 0.385 e. The van der Waals surface area contributed by atoms with Gasteiger partial charge in [-0.1, -0.05) is 11.6 Å². The van der Waals surface area contributed by atoms with Crippen LogP contribution in [0, 0.1) is 6.92 Å². The summed E-state index contributed by atoms with van der Waals surface area (Å²) in [6.45, 7) is 4.89. The molecule has 0 bridgehead atoms. The maximum Gasteiger partial charge on any atom is 0.248 e. The van der Waals surface area contributed by atoms with Crippen molar-refractivity contribution in [2.75, 3.05) is 25.0 Å². The molecule has 1 aromatic rings. The minimum atomic E-state index is -0.371. The van der Waals surface area contributed by atoms with Crippen LogP contribution in [0.5, 0.6) is 0 Å². The fraction of sp³-hybridized carbons (Fsp3) is 0.400. The summed E-state index contributed by atoms with van der Waals surface area (Å²) < 4.78 is 0. The summed E-state index contributed by atoms with van der Waals surface area (Å²) in [5.74, 6) is -0.371. The molecule has 0 saturated heterocycles. The van der Waals surface area contributed by atoms with E-state index in [2.05, 4.69) is 16.7 Å². The van der Waals surface area contributed by atoms with Gasteiger partial charge >= 0.3 is 0 Å². The van der Waals surface area contributed by atoms with Crippen LogP contribution in [0.1, 0.15) is 28.8 Å². The SMILES string of the molecule is Cc1cc(NCCC2=CCNCC2)ccc1C(N)=O. The molecule has 1 aliphatic rings. The maximum atomic E-state index is 11.1. The summed E-state index contributed by atoms with van der Waals surface area (Å²) in [4.78, 5) is 11.1. The second-order valence-electron chi connectivity index (χ2n) is 4.89. The number of hydrogen-bond acceptors (Lipinski definition) is 3. The summed E-state index contributed by atoms with van der Waals surface area (Å²) >= 11 is 0. The number of anilines is 1. The Morgan fingerprint density at radius 1 is 1.47 bits per heavy atom. The Hall–Kier alpha value is -1.81. The van der Waals surface area contributed by atoms with Gasteiger partial charge in [-0.2, -0.15) is 0 Å². The van der Waals surface area contributed by atoms with Crippen molar-refractivity contribution in [1.82, 2.24) is 5.32 Å². The third kappa shape index (κ3) is 3.83. The van der Waals surface area contributed by atoms with Gasteiger partial charge < -0.3 is 16.4 Å². The molecule has 4 N–H and O–H groups in total. The Morgan fingerprint density at radius 3 is 2.95 bits per heavy atom. The Labute approximate surface area is 114 Å². The Morgan fingerprint density at radius 2 is 2.32 bits per heavy atom. The van der Waals surface area contributed by atoms with E-state index in [9.17, 15) is 4.79 Å². The Balaban J connectivity index is 1.87. The monoisotopic (exact) mass is 259 g/mol. The third-order valence-corrected chi connectivity index (χ3v) is 3.43. The molecule has 0 aliphatic carbocycles. The molecule has 102 valence electrons. The Kier molecular flexibility index (Phi) is 4.58. The highest BCUT2D eigenvalue weighted by molar-refractivity contribution is 5.94. The van der Waals surface area contributed by atoms with Crippen LogP contribution in [0.3, 0.4) is 0 Å². The number of aryl methyl sites for hydroxylation is 1. The molecule has 1 heterocycles. The molecule has 0 saturated carbocycles. The predicted molar refractivity (Wildman–Crippen MR) is 78.4 cm³/mol. The molecule has 0 fully saturated rings. The van der Waals surface area contributed by atoms with Crippen LogP contribution >= 0.6 is 0 Å². The van der Waals surface area contributed by atoms with Crippen molar-refractivity contribution in [1.29, 1.82) is 0 Å². The normalized spacial score (nSPS) is 14.9. The second-order valence-corrected chi connectivity index (χ2v) is 4.89. The van der Waals surface area contributed by atoms with E-state index in [0.29, 0.717) is 5.56 Å². The topological polar surface area (TPSA) is 67.2 Å². The number of carbonyl (C=O) groups is 1. The summed E-state index contributed by atoms with van der Waals surface area (Å²) in [5, 5.41) is 6.69. The van der Waals surface area contributed by atoms with Crippen LogP contribution in [-0.2, 0) is 0 Å². The zero-order valence-electron chi connectivity index (χ0n) is 11.3. The standard InChI is InChI=1S/C15H21N3O/c1-11-10-13(2-3-14(11)15(16)19)18-9-6-12-4-7-17-8-5-12/h2-4,10,17-18H,5-9H2,1H3,(H2,16,19). The number of nitrogens with one attached hydrogen (secondary N) is 2. The van der Waals surface area contributed by atoms with Crippen molar-refractivity contribution in [2.24, 2.45) is 5.73 Å². The molecule has 0 radical (unpaired) electrons. The maximum absolute atomic E-state index is 11.1. The first-order valence-corrected chi connectivity index (χ1v) is 6.70. The molecule has 1 aromatic carbocycles. The Bertz CT molecular complexity index is 494. The highest BCUT2D eigenvalue weighted by Gasteiger charge is 2.06. The molecule has 19 heavy (non-hydrogen) atoms. The molecule has 4 nitrogen and oxygen atoms in total. The molecule has 4 heteroatoms. The van der Waals surface area contributed by atoms with E-state index in [-0.39, 0.29) is 5.91 Å². The van der Waals surface area contributed by atoms with Gasteiger partial charge in [-0.25, -0.2) is 0 Å². The van der Waals surface area contributed by atoms with Crippen LogP contribution < -0.4 is 16.4 Å². The number of nitrogens with two attached hydrogens (primary N) is 1. The zero-order chi connectivity index (χ0) is 13.7. The van der Waals surface area contributed by atoms with E-state index in [4.69, 9.17) is 5.73 Å². The number of rotatable bonds is 5. The highest BCUT2D eigenvalue weighted by atomic mass is 16.1. The van der Waals surface area contributed by atoms with Crippen LogP contribution in [0.25, 0.3) is 0 Å². The van der Waals surface area contributed by atoms with Crippen LogP contribution in [0.15, 0.2) is 29.8 Å². The lowest BCUT2D eigenvalue weighted by Gasteiger charge is -2.15. The van der Waals surface area contributed by atoms with Crippen molar-refractivity contribution in [2.45, 2.75) is 19.8 Å². The minimum Gasteiger partial charge on any atom is -0.385 e. The summed E-state index contributed by atoms with van der Waals surface area (Å²) in [5.41, 5.74) is 9.34. The predicted octanol–water partition coefficient (Wildman–Crippen LogP) is 1.82. The average molecular weight is 259 g/mol. The molecular weight excluding hydrogens is 238 g/mol. The molecule has 0 aromatic heterocycles. The van der Waals surface area contributed by atoms with Crippen molar-refractivity contribution in [3.63, 3.8) is 0 Å². The van der Waals surface area contributed by atoms with Crippen LogP contribution in [-0.4, -0.2) is 25.5 Å². The van der Waals surface area contributed by atoms with E-state index >= 15 is 0 Å². The van der Waals surface area contributed by atoms with Gasteiger partial charge in [0.15, 0.2) is 0 Å². The van der Waals surface area contributed by atoms with E-state index in [0.717, 1.165) is 43.7 Å². The first-order valence-electron chi connectivity index (χ1n) is 6.70. The van der Waals surface area contributed by atoms with E-state index < -0.39 is 0 Å². The van der Waals surface area contributed by atoms with Gasteiger partial charge in [0.25, 0.3) is 0 Å². The molecule has 0 spiro atoms. The minimum absolute atomic E-state index is 0.371. The smallest absolute Gasteiger partial charge is 0.248 e. The number of carbonyl (C=O) groups excluding carboxylic acids is 1. The van der Waals surface area contributed by atoms with Crippen molar-refractivity contribution >= 4 is 11.6 Å². The molecule has 2 rings (SSSR count). The van der Waals surface area contributed by atoms with Crippen molar-refractivity contribution in [3.8, 4) is 0 Å².